The molecule has 0 aliphatic rings. The van der Waals surface area contributed by atoms with E-state index in [2.05, 4.69) is 12.1 Å². The third-order valence-corrected chi connectivity index (χ3v) is 7.29. The normalized spacial score (nSPS) is 13.1. The van der Waals surface area contributed by atoms with Crippen LogP contribution in [0, 0.1) is 0 Å². The van der Waals surface area contributed by atoms with Crippen molar-refractivity contribution in [3.63, 3.8) is 0 Å². The fourth-order valence-electron chi connectivity index (χ4n) is 3.01. The maximum atomic E-state index is 11.2. The van der Waals surface area contributed by atoms with Crippen LogP contribution < -0.4 is 0 Å². The van der Waals surface area contributed by atoms with Crippen molar-refractivity contribution in [3.05, 3.63) is 71.8 Å². The van der Waals surface area contributed by atoms with Gasteiger partial charge in [-0.25, -0.2) is 0 Å². The van der Waals surface area contributed by atoms with Crippen molar-refractivity contribution in [2.45, 2.75) is 46.4 Å². The van der Waals surface area contributed by atoms with Gasteiger partial charge in [-0.3, -0.25) is 4.79 Å². The van der Waals surface area contributed by atoms with Crippen LogP contribution in [0.5, 0.6) is 0 Å². The molecule has 2 aromatic rings. The van der Waals surface area contributed by atoms with Crippen LogP contribution >= 0.6 is 23.5 Å². The summed E-state index contributed by atoms with van der Waals surface area (Å²) in [6, 6.07) is 19.9. The minimum Gasteiger partial charge on any atom is -0.482 e. The van der Waals surface area contributed by atoms with Crippen molar-refractivity contribution in [3.8, 4) is 0 Å². The third kappa shape index (κ3) is 8.55. The number of thioether (sulfide) groups is 2. The van der Waals surface area contributed by atoms with Gasteiger partial charge in [0.25, 0.3) is 5.97 Å². The van der Waals surface area contributed by atoms with Crippen LogP contribution in [0.25, 0.3) is 0 Å². The van der Waals surface area contributed by atoms with Crippen LogP contribution in [0.15, 0.2) is 60.7 Å². The second kappa shape index (κ2) is 12.0. The number of hydrogen-bond donors (Lipinski definition) is 1. The highest BCUT2D eigenvalue weighted by Gasteiger charge is 2.28. The monoisotopic (exact) mass is 428 g/mol. The zero-order chi connectivity index (χ0) is 22.0. The molecule has 1 N–H and O–H groups in total. The van der Waals surface area contributed by atoms with Gasteiger partial charge in [0.2, 0.25) is 0 Å². The summed E-state index contributed by atoms with van der Waals surface area (Å²) >= 11 is 3.38. The summed E-state index contributed by atoms with van der Waals surface area (Å²) in [5.41, 5.74) is 2.15. The minimum atomic E-state index is -1.71. The molecular weight excluding hydrogens is 404 g/mol. The smallest absolute Gasteiger partial charge is 0.292 e. The average molecular weight is 428 g/mol. The van der Waals surface area contributed by atoms with Gasteiger partial charge in [0, 0.05) is 11.0 Å². The van der Waals surface area contributed by atoms with Crippen LogP contribution in [0.2, 0.25) is 5.21 Å². The van der Waals surface area contributed by atoms with E-state index >= 15 is 0 Å². The van der Waals surface area contributed by atoms with Gasteiger partial charge >= 0.3 is 0 Å². The van der Waals surface area contributed by atoms with Gasteiger partial charge in [-0.15, -0.1) is 0 Å². The van der Waals surface area contributed by atoms with Crippen molar-refractivity contribution in [1.82, 2.24) is 0 Å². The molecule has 30 heavy (non-hydrogen) atoms. The Morgan fingerprint density at radius 1 is 0.933 bits per heavy atom. The van der Waals surface area contributed by atoms with Gasteiger partial charge in [0.15, 0.2) is 0 Å². The molecule has 2 rings (SSSR count). The maximum Gasteiger partial charge on any atom is 0.292 e. The summed E-state index contributed by atoms with van der Waals surface area (Å²) in [5, 5.41) is 7.58. The number of carbonyl (C=O) groups is 1. The van der Waals surface area contributed by atoms with E-state index in [1.54, 1.807) is 0 Å². The predicted molar refractivity (Wildman–Crippen MR) is 134 cm³/mol. The molecule has 0 fully saturated rings. The molecule has 8 radical (unpaired) electrons. The summed E-state index contributed by atoms with van der Waals surface area (Å²) < 4.78 is -1.02. The van der Waals surface area contributed by atoms with Crippen molar-refractivity contribution in [2.75, 3.05) is 5.75 Å². The Labute approximate surface area is 194 Å². The number of rotatable bonds is 13. The maximum absolute atomic E-state index is 11.2. The topological polar surface area (TPSA) is 37.3 Å². The lowest BCUT2D eigenvalue weighted by Crippen LogP contribution is -2.27. The first-order valence-electron chi connectivity index (χ1n) is 9.94. The van der Waals surface area contributed by atoms with Gasteiger partial charge in [-0.05, 0) is 39.5 Å². The molecule has 0 saturated heterocycles. The number of hydrogen-bond acceptors (Lipinski definition) is 3. The zero-order valence-corrected chi connectivity index (χ0v) is 18.7. The molecular formula is C22H24B4O2S2. The molecule has 0 aliphatic heterocycles. The first-order chi connectivity index (χ1) is 14.2. The highest BCUT2D eigenvalue weighted by atomic mass is 32.2. The van der Waals surface area contributed by atoms with Gasteiger partial charge < -0.3 is 5.11 Å². The van der Waals surface area contributed by atoms with Crippen LogP contribution in [0.1, 0.15) is 36.8 Å². The van der Waals surface area contributed by atoms with E-state index in [1.807, 2.05) is 60.3 Å². The molecule has 0 heterocycles. The number of aliphatic carboxylic acids is 1. The van der Waals surface area contributed by atoms with Gasteiger partial charge in [0.05, 0.1) is 31.4 Å². The Balaban J connectivity index is 1.93. The molecule has 0 aromatic heterocycles. The fraction of sp³-hybridized carbons (Fsp3) is 0.409. The molecule has 0 aliphatic carbocycles. The highest BCUT2D eigenvalue weighted by molar-refractivity contribution is 8.03. The van der Waals surface area contributed by atoms with E-state index in [0.29, 0.717) is 6.42 Å². The summed E-state index contributed by atoms with van der Waals surface area (Å²) in [5.74, 6) is 0.703. The zero-order valence-electron chi connectivity index (χ0n) is 17.1. The first-order valence-corrected chi connectivity index (χ1v) is 12.0. The molecule has 0 bridgehead atoms. The molecule has 2 aromatic carbocycles. The van der Waals surface area contributed by atoms with Crippen molar-refractivity contribution >= 4 is 60.9 Å². The quantitative estimate of drug-likeness (QED) is 0.383. The first kappa shape index (κ1) is 25.1. The Morgan fingerprint density at radius 2 is 1.53 bits per heavy atom. The van der Waals surface area contributed by atoms with Gasteiger partial charge in [-0.1, -0.05) is 73.5 Å². The minimum absolute atomic E-state index is 0.160. The van der Waals surface area contributed by atoms with Crippen molar-refractivity contribution in [1.29, 1.82) is 0 Å². The fourth-order valence-corrected chi connectivity index (χ4v) is 5.53. The molecule has 1 atom stereocenters. The van der Waals surface area contributed by atoms with Gasteiger partial charge in [0.1, 0.15) is 0 Å². The molecule has 1 unspecified atom stereocenters. The number of carboxylic acids is 1. The Kier molecular flexibility index (Phi) is 10.1. The number of carboxylic acid groups (broad SMARTS) is 1. The van der Waals surface area contributed by atoms with Crippen molar-refractivity contribution in [2.24, 2.45) is 0 Å². The number of benzene rings is 2. The SMILES string of the molecule is [B]C([B])(CCCC(CCSCc1ccccc1)SC([B])([B])c1ccccc1)C(=O)O. The lowest BCUT2D eigenvalue weighted by atomic mass is 9.52. The summed E-state index contributed by atoms with van der Waals surface area (Å²) in [7, 11) is 24.2. The standard InChI is InChI=1S/C22H24B4O2S2/c23-21(24,20(27)28)14-7-12-19(13-15-29-16-17-8-3-1-4-9-17)30-22(25,26)18-10-5-2-6-11-18/h1-6,8-11,19H,7,12-16H2,(H,27,28). The van der Waals surface area contributed by atoms with E-state index in [-0.39, 0.29) is 11.7 Å². The van der Waals surface area contributed by atoms with E-state index < -0.39 is 15.7 Å². The summed E-state index contributed by atoms with van der Waals surface area (Å²) in [4.78, 5) is 11.2. The van der Waals surface area contributed by atoms with Gasteiger partial charge in [-0.2, -0.15) is 23.5 Å². The van der Waals surface area contributed by atoms with Crippen LogP contribution in [-0.2, 0) is 15.1 Å². The lowest BCUT2D eigenvalue weighted by Gasteiger charge is -2.32. The van der Waals surface area contributed by atoms with Crippen LogP contribution in [-0.4, -0.2) is 53.5 Å². The summed E-state index contributed by atoms with van der Waals surface area (Å²) in [6.45, 7) is 0. The average Bonchev–Trinajstić information content (AvgIpc) is 2.72. The molecule has 0 saturated carbocycles. The molecule has 2 nitrogen and oxygen atoms in total. The summed E-state index contributed by atoms with van der Waals surface area (Å²) in [6.07, 6.45) is 2.43. The van der Waals surface area contributed by atoms with E-state index in [9.17, 15) is 4.79 Å². The largest absolute Gasteiger partial charge is 0.482 e. The molecule has 148 valence electrons. The Morgan fingerprint density at radius 3 is 2.13 bits per heavy atom. The molecule has 0 spiro atoms. The highest BCUT2D eigenvalue weighted by Crippen LogP contribution is 2.38. The Hall–Kier alpha value is -1.13. The van der Waals surface area contributed by atoms with E-state index in [1.165, 1.54) is 17.3 Å². The van der Waals surface area contributed by atoms with E-state index in [4.69, 9.17) is 36.5 Å². The Bertz CT molecular complexity index is 773. The predicted octanol–water partition coefficient (Wildman–Crippen LogP) is 4.27. The van der Waals surface area contributed by atoms with Crippen LogP contribution in [0.3, 0.4) is 0 Å². The second-order valence-corrected chi connectivity index (χ2v) is 10.1. The van der Waals surface area contributed by atoms with Crippen LogP contribution in [0.4, 0.5) is 0 Å². The molecule has 0 amide bonds. The van der Waals surface area contributed by atoms with Crippen molar-refractivity contribution < 1.29 is 9.90 Å². The lowest BCUT2D eigenvalue weighted by molar-refractivity contribution is -0.138. The molecule has 8 heteroatoms. The second-order valence-electron chi connectivity index (χ2n) is 7.46. The third-order valence-electron chi connectivity index (χ3n) is 4.80. The van der Waals surface area contributed by atoms with E-state index in [0.717, 1.165) is 29.9 Å².